The third-order valence-corrected chi connectivity index (χ3v) is 7.33. The Kier molecular flexibility index (Phi) is 6.13. The minimum Gasteiger partial charge on any atom is -0.351 e. The van der Waals surface area contributed by atoms with Crippen molar-refractivity contribution in [2.45, 2.75) is 77.3 Å². The van der Waals surface area contributed by atoms with E-state index in [1.165, 1.54) is 32.1 Å². The molecule has 0 aromatic carbocycles. The van der Waals surface area contributed by atoms with E-state index < -0.39 is 0 Å². The Labute approximate surface area is 188 Å². The standard InChI is InChI=1S/C24H33N5O3/c1-16-13-21(32-27-16)24(31)29-11-6-5-9-20(29)22-25-19-10-12-28(15-18(19)23(30)26-22)14-17-7-3-2-4-8-17/h13,17,20H,2-12,14-15H2,1H3,(H,25,26,30)/t20-/m1/s1. The molecule has 3 aliphatic rings. The topological polar surface area (TPSA) is 95.3 Å². The highest BCUT2D eigenvalue weighted by Crippen LogP contribution is 2.31. The Balaban J connectivity index is 1.35. The number of fused-ring (bicyclic) bond motifs is 1. The van der Waals surface area contributed by atoms with Gasteiger partial charge in [-0.15, -0.1) is 0 Å². The lowest BCUT2D eigenvalue weighted by Gasteiger charge is -2.35. The van der Waals surface area contributed by atoms with Gasteiger partial charge in [-0.2, -0.15) is 0 Å². The summed E-state index contributed by atoms with van der Waals surface area (Å²) >= 11 is 0. The molecule has 1 N–H and O–H groups in total. The fourth-order valence-corrected chi connectivity index (χ4v) is 5.61. The van der Waals surface area contributed by atoms with Crippen molar-refractivity contribution in [3.8, 4) is 0 Å². The van der Waals surface area contributed by atoms with Crippen LogP contribution in [0.1, 0.15) is 90.7 Å². The second kappa shape index (κ2) is 9.17. The van der Waals surface area contributed by atoms with Crippen LogP contribution in [0.25, 0.3) is 0 Å². The van der Waals surface area contributed by atoms with Crippen LogP contribution in [0.2, 0.25) is 0 Å². The first-order chi connectivity index (χ1) is 15.6. The Hall–Kier alpha value is -2.48. The number of piperidine rings is 1. The van der Waals surface area contributed by atoms with Crippen LogP contribution in [-0.2, 0) is 13.0 Å². The molecule has 5 rings (SSSR count). The Bertz CT molecular complexity index is 1020. The van der Waals surface area contributed by atoms with E-state index >= 15 is 0 Å². The number of carbonyl (C=O) groups is 1. The zero-order chi connectivity index (χ0) is 22.1. The fourth-order valence-electron chi connectivity index (χ4n) is 5.61. The molecule has 0 unspecified atom stereocenters. The van der Waals surface area contributed by atoms with E-state index in [4.69, 9.17) is 9.51 Å². The lowest BCUT2D eigenvalue weighted by atomic mass is 9.88. The number of amides is 1. The second-order valence-electron chi connectivity index (χ2n) is 9.71. The third kappa shape index (κ3) is 4.37. The first kappa shape index (κ1) is 21.4. The molecule has 2 aromatic heterocycles. The molecule has 2 aromatic rings. The van der Waals surface area contributed by atoms with Gasteiger partial charge in [0.05, 0.1) is 23.0 Å². The smallest absolute Gasteiger partial charge is 0.293 e. The Morgan fingerprint density at radius 1 is 1.16 bits per heavy atom. The molecule has 1 atom stereocenters. The Morgan fingerprint density at radius 3 is 2.75 bits per heavy atom. The van der Waals surface area contributed by atoms with Crippen molar-refractivity contribution in [2.24, 2.45) is 5.92 Å². The van der Waals surface area contributed by atoms with Crippen LogP contribution in [0.5, 0.6) is 0 Å². The normalized spacial score (nSPS) is 22.7. The van der Waals surface area contributed by atoms with Gasteiger partial charge in [0.25, 0.3) is 11.5 Å². The minimum atomic E-state index is -0.236. The van der Waals surface area contributed by atoms with Gasteiger partial charge < -0.3 is 14.4 Å². The first-order valence-corrected chi connectivity index (χ1v) is 12.2. The van der Waals surface area contributed by atoms with Crippen molar-refractivity contribution < 1.29 is 9.32 Å². The van der Waals surface area contributed by atoms with Gasteiger partial charge in [-0.05, 0) is 44.9 Å². The summed E-state index contributed by atoms with van der Waals surface area (Å²) in [4.78, 5) is 38.3. The molecular formula is C24H33N5O3. The molecule has 8 nitrogen and oxygen atoms in total. The molecule has 1 saturated heterocycles. The molecular weight excluding hydrogens is 406 g/mol. The highest BCUT2D eigenvalue weighted by atomic mass is 16.5. The lowest BCUT2D eigenvalue weighted by Crippen LogP contribution is -2.42. The van der Waals surface area contributed by atoms with Gasteiger partial charge in [0.1, 0.15) is 5.82 Å². The molecule has 8 heteroatoms. The van der Waals surface area contributed by atoms with Crippen LogP contribution in [0.15, 0.2) is 15.4 Å². The summed E-state index contributed by atoms with van der Waals surface area (Å²) in [7, 11) is 0. The van der Waals surface area contributed by atoms with Crippen molar-refractivity contribution >= 4 is 5.91 Å². The average Bonchev–Trinajstić information content (AvgIpc) is 3.26. The summed E-state index contributed by atoms with van der Waals surface area (Å²) in [5.74, 6) is 1.43. The van der Waals surface area contributed by atoms with Gasteiger partial charge in [-0.25, -0.2) is 4.98 Å². The number of likely N-dealkylation sites (tertiary alicyclic amines) is 1. The van der Waals surface area contributed by atoms with Gasteiger partial charge in [0, 0.05) is 38.7 Å². The number of aromatic amines is 1. The Morgan fingerprint density at radius 2 is 1.97 bits per heavy atom. The number of rotatable bonds is 4. The number of aromatic nitrogens is 3. The van der Waals surface area contributed by atoms with Crippen LogP contribution < -0.4 is 5.56 Å². The second-order valence-corrected chi connectivity index (χ2v) is 9.71. The maximum atomic E-state index is 13.1. The van der Waals surface area contributed by atoms with Gasteiger partial charge in [0.15, 0.2) is 0 Å². The molecule has 1 amide bonds. The largest absolute Gasteiger partial charge is 0.351 e. The third-order valence-electron chi connectivity index (χ3n) is 7.33. The van der Waals surface area contributed by atoms with E-state index in [0.717, 1.165) is 55.9 Å². The van der Waals surface area contributed by atoms with Gasteiger partial charge >= 0.3 is 0 Å². The summed E-state index contributed by atoms with van der Waals surface area (Å²) in [6.07, 6.45) is 10.2. The number of hydrogen-bond donors (Lipinski definition) is 1. The number of H-pyrrole nitrogens is 1. The van der Waals surface area contributed by atoms with Crippen LogP contribution >= 0.6 is 0 Å². The maximum Gasteiger partial charge on any atom is 0.293 e. The summed E-state index contributed by atoms with van der Waals surface area (Å²) < 4.78 is 5.21. The summed E-state index contributed by atoms with van der Waals surface area (Å²) in [6.45, 7) is 5.14. The van der Waals surface area contributed by atoms with Crippen molar-refractivity contribution in [3.05, 3.63) is 45.0 Å². The molecule has 172 valence electrons. The van der Waals surface area contributed by atoms with Crippen molar-refractivity contribution in [1.82, 2.24) is 24.9 Å². The van der Waals surface area contributed by atoms with Gasteiger partial charge in [0.2, 0.25) is 5.76 Å². The highest BCUT2D eigenvalue weighted by Gasteiger charge is 2.33. The lowest BCUT2D eigenvalue weighted by molar-refractivity contribution is 0.0556. The molecule has 2 fully saturated rings. The molecule has 2 aliphatic heterocycles. The van der Waals surface area contributed by atoms with Crippen LogP contribution in [0, 0.1) is 12.8 Å². The summed E-state index contributed by atoms with van der Waals surface area (Å²) in [5.41, 5.74) is 2.33. The average molecular weight is 440 g/mol. The quantitative estimate of drug-likeness (QED) is 0.785. The highest BCUT2D eigenvalue weighted by molar-refractivity contribution is 5.91. The number of hydrogen-bond acceptors (Lipinski definition) is 6. The van der Waals surface area contributed by atoms with Crippen molar-refractivity contribution in [3.63, 3.8) is 0 Å². The van der Waals surface area contributed by atoms with Crippen LogP contribution in [0.4, 0.5) is 0 Å². The van der Waals surface area contributed by atoms with E-state index in [9.17, 15) is 9.59 Å². The maximum absolute atomic E-state index is 13.1. The number of nitrogens with zero attached hydrogens (tertiary/aromatic N) is 4. The molecule has 0 radical (unpaired) electrons. The predicted molar refractivity (Wildman–Crippen MR) is 119 cm³/mol. The van der Waals surface area contributed by atoms with Crippen molar-refractivity contribution in [1.29, 1.82) is 0 Å². The van der Waals surface area contributed by atoms with E-state index in [-0.39, 0.29) is 23.3 Å². The summed E-state index contributed by atoms with van der Waals surface area (Å²) in [5, 5.41) is 3.85. The predicted octanol–water partition coefficient (Wildman–Crippen LogP) is 3.37. The molecule has 32 heavy (non-hydrogen) atoms. The van der Waals surface area contributed by atoms with E-state index in [0.29, 0.717) is 24.6 Å². The molecule has 0 spiro atoms. The molecule has 0 bridgehead atoms. The first-order valence-electron chi connectivity index (χ1n) is 12.2. The molecule has 1 saturated carbocycles. The van der Waals surface area contributed by atoms with E-state index in [2.05, 4.69) is 15.0 Å². The van der Waals surface area contributed by atoms with Gasteiger partial charge in [-0.3, -0.25) is 14.5 Å². The van der Waals surface area contributed by atoms with Crippen LogP contribution in [0.3, 0.4) is 0 Å². The molecule has 4 heterocycles. The zero-order valence-corrected chi connectivity index (χ0v) is 18.9. The summed E-state index contributed by atoms with van der Waals surface area (Å²) in [6, 6.07) is 1.43. The van der Waals surface area contributed by atoms with Gasteiger partial charge in [-0.1, -0.05) is 24.4 Å². The fraction of sp³-hybridized carbons (Fsp3) is 0.667. The van der Waals surface area contributed by atoms with Crippen molar-refractivity contribution in [2.75, 3.05) is 19.6 Å². The molecule has 1 aliphatic carbocycles. The number of nitrogens with one attached hydrogen (secondary N) is 1. The zero-order valence-electron chi connectivity index (χ0n) is 18.9. The van der Waals surface area contributed by atoms with E-state index in [1.807, 2.05) is 0 Å². The monoisotopic (exact) mass is 439 g/mol. The number of aryl methyl sites for hydroxylation is 1. The van der Waals surface area contributed by atoms with Crippen LogP contribution in [-0.4, -0.2) is 50.5 Å². The van der Waals surface area contributed by atoms with E-state index in [1.54, 1.807) is 17.9 Å². The SMILES string of the molecule is Cc1cc(C(=O)N2CCCC[C@@H]2c2nc3c(c(=O)[nH]2)CN(CC2CCCCC2)CC3)on1. The minimum absolute atomic E-state index is 0.0492. The number of carbonyl (C=O) groups excluding carboxylic acids is 1.